The second-order valence-corrected chi connectivity index (χ2v) is 5.11. The van der Waals surface area contributed by atoms with Crippen molar-refractivity contribution in [2.75, 3.05) is 11.9 Å². The summed E-state index contributed by atoms with van der Waals surface area (Å²) >= 11 is 22.9. The molecule has 0 aromatic heterocycles. The molecule has 0 saturated heterocycles. The second-order valence-electron chi connectivity index (χ2n) is 3.48. The molecule has 0 aliphatic heterocycles. The third kappa shape index (κ3) is 4.88. The van der Waals surface area contributed by atoms with Crippen molar-refractivity contribution in [3.8, 4) is 0 Å². The van der Waals surface area contributed by atoms with Crippen LogP contribution in [-0.4, -0.2) is 11.7 Å². The number of unbranched alkanes of at least 4 members (excludes halogenated alkanes) is 1. The molecule has 2 N–H and O–H groups in total. The highest BCUT2D eigenvalue weighted by atomic mass is 35.5. The average Bonchev–Trinajstić information content (AvgIpc) is 2.26. The largest absolute Gasteiger partial charge is 0.362 e. The van der Waals surface area contributed by atoms with E-state index in [9.17, 15) is 0 Å². The lowest BCUT2D eigenvalue weighted by Gasteiger charge is -2.12. The van der Waals surface area contributed by atoms with Crippen LogP contribution in [-0.2, 0) is 0 Å². The van der Waals surface area contributed by atoms with E-state index < -0.39 is 0 Å². The predicted molar refractivity (Wildman–Crippen MR) is 80.6 cm³/mol. The molecule has 0 heterocycles. The number of hydrogen-bond acceptors (Lipinski definition) is 1. The van der Waals surface area contributed by atoms with Crippen molar-refractivity contribution < 1.29 is 0 Å². The van der Waals surface area contributed by atoms with Gasteiger partial charge in [0.25, 0.3) is 0 Å². The van der Waals surface area contributed by atoms with Crippen molar-refractivity contribution in [2.45, 2.75) is 19.8 Å². The van der Waals surface area contributed by atoms with Crippen molar-refractivity contribution in [1.29, 1.82) is 0 Å². The Hall–Kier alpha value is -0.220. The first-order valence-corrected chi connectivity index (χ1v) is 6.78. The fourth-order valence-electron chi connectivity index (χ4n) is 1.16. The standard InChI is InChI=1S/C11H13Cl3N2S/c1-2-3-4-15-11(17)16-10-6-8(13)7(12)5-9(10)14/h5-6H,2-4H2,1H3,(H2,15,16,17). The van der Waals surface area contributed by atoms with Gasteiger partial charge in [0.2, 0.25) is 0 Å². The summed E-state index contributed by atoms with van der Waals surface area (Å²) in [6.45, 7) is 2.95. The molecule has 2 nitrogen and oxygen atoms in total. The van der Waals surface area contributed by atoms with Crippen molar-refractivity contribution in [1.82, 2.24) is 5.32 Å². The average molecular weight is 312 g/mol. The van der Waals surface area contributed by atoms with Crippen LogP contribution >= 0.6 is 47.0 Å². The van der Waals surface area contributed by atoms with E-state index >= 15 is 0 Å². The Morgan fingerprint density at radius 2 is 1.82 bits per heavy atom. The summed E-state index contributed by atoms with van der Waals surface area (Å²) in [5.41, 5.74) is 0.648. The van der Waals surface area contributed by atoms with E-state index in [2.05, 4.69) is 17.6 Å². The summed E-state index contributed by atoms with van der Waals surface area (Å²) in [5.74, 6) is 0. The molecule has 17 heavy (non-hydrogen) atoms. The monoisotopic (exact) mass is 310 g/mol. The van der Waals surface area contributed by atoms with E-state index in [0.29, 0.717) is 25.9 Å². The van der Waals surface area contributed by atoms with Gasteiger partial charge in [0.05, 0.1) is 20.8 Å². The number of nitrogens with one attached hydrogen (secondary N) is 2. The minimum absolute atomic E-state index is 0.423. The fraction of sp³-hybridized carbons (Fsp3) is 0.364. The molecule has 0 radical (unpaired) electrons. The van der Waals surface area contributed by atoms with E-state index in [4.69, 9.17) is 47.0 Å². The Morgan fingerprint density at radius 3 is 2.47 bits per heavy atom. The summed E-state index contributed by atoms with van der Waals surface area (Å²) in [7, 11) is 0. The molecule has 1 rings (SSSR count). The molecule has 0 bridgehead atoms. The van der Waals surface area contributed by atoms with Gasteiger partial charge in [-0.15, -0.1) is 0 Å². The molecule has 1 aromatic carbocycles. The highest BCUT2D eigenvalue weighted by Gasteiger charge is 2.07. The molecular weight excluding hydrogens is 299 g/mol. The first-order chi connectivity index (χ1) is 8.04. The zero-order valence-electron chi connectivity index (χ0n) is 9.32. The van der Waals surface area contributed by atoms with Crippen LogP contribution in [0.3, 0.4) is 0 Å². The third-order valence-corrected chi connectivity index (χ3v) is 3.36. The van der Waals surface area contributed by atoms with Crippen molar-refractivity contribution in [3.05, 3.63) is 27.2 Å². The van der Waals surface area contributed by atoms with Crippen LogP contribution in [0.5, 0.6) is 0 Å². The molecule has 0 unspecified atom stereocenters. The van der Waals surface area contributed by atoms with Gasteiger partial charge in [-0.05, 0) is 30.8 Å². The molecule has 6 heteroatoms. The number of halogens is 3. The zero-order chi connectivity index (χ0) is 12.8. The quantitative estimate of drug-likeness (QED) is 0.477. The molecule has 0 fully saturated rings. The Bertz CT molecular complexity index is 410. The minimum Gasteiger partial charge on any atom is -0.362 e. The lowest BCUT2D eigenvalue weighted by molar-refractivity contribution is 0.758. The number of benzene rings is 1. The predicted octanol–water partition coefficient (Wildman–Crippen LogP) is 4.73. The molecule has 0 aliphatic carbocycles. The van der Waals surface area contributed by atoms with Gasteiger partial charge >= 0.3 is 0 Å². The van der Waals surface area contributed by atoms with Gasteiger partial charge in [-0.1, -0.05) is 48.1 Å². The molecule has 1 aromatic rings. The molecule has 94 valence electrons. The highest BCUT2D eigenvalue weighted by molar-refractivity contribution is 7.80. The summed E-state index contributed by atoms with van der Waals surface area (Å²) in [6.07, 6.45) is 2.18. The smallest absolute Gasteiger partial charge is 0.170 e. The van der Waals surface area contributed by atoms with Crippen LogP contribution in [0.2, 0.25) is 15.1 Å². The number of hydrogen-bond donors (Lipinski definition) is 2. The Kier molecular flexibility index (Phi) is 6.34. The molecule has 0 atom stereocenters. The topological polar surface area (TPSA) is 24.1 Å². The Balaban J connectivity index is 2.62. The maximum atomic E-state index is 6.01. The van der Waals surface area contributed by atoms with Gasteiger partial charge in [0.1, 0.15) is 0 Å². The zero-order valence-corrected chi connectivity index (χ0v) is 12.4. The number of thiocarbonyl (C=S) groups is 1. The SMILES string of the molecule is CCCCNC(=S)Nc1cc(Cl)c(Cl)cc1Cl. The van der Waals surface area contributed by atoms with Crippen LogP contribution in [0.1, 0.15) is 19.8 Å². The van der Waals surface area contributed by atoms with Crippen LogP contribution < -0.4 is 10.6 Å². The van der Waals surface area contributed by atoms with Gasteiger partial charge in [0, 0.05) is 6.54 Å². The normalized spacial score (nSPS) is 10.1. The maximum Gasteiger partial charge on any atom is 0.170 e. The van der Waals surface area contributed by atoms with Crippen LogP contribution in [0.25, 0.3) is 0 Å². The van der Waals surface area contributed by atoms with Crippen molar-refractivity contribution >= 4 is 57.8 Å². The highest BCUT2D eigenvalue weighted by Crippen LogP contribution is 2.32. The second kappa shape index (κ2) is 7.27. The van der Waals surface area contributed by atoms with Crippen molar-refractivity contribution in [2.24, 2.45) is 0 Å². The van der Waals surface area contributed by atoms with E-state index in [1.54, 1.807) is 12.1 Å². The van der Waals surface area contributed by atoms with E-state index in [1.165, 1.54) is 0 Å². The summed E-state index contributed by atoms with van der Waals surface area (Å²) in [5, 5.41) is 7.94. The van der Waals surface area contributed by atoms with Gasteiger partial charge < -0.3 is 10.6 Å². The van der Waals surface area contributed by atoms with E-state index in [1.807, 2.05) is 0 Å². The summed E-state index contributed by atoms with van der Waals surface area (Å²) < 4.78 is 0. The van der Waals surface area contributed by atoms with Gasteiger partial charge in [-0.25, -0.2) is 0 Å². The minimum atomic E-state index is 0.423. The van der Waals surface area contributed by atoms with Crippen molar-refractivity contribution in [3.63, 3.8) is 0 Å². The Labute approximate surface area is 122 Å². The number of rotatable bonds is 4. The Morgan fingerprint density at radius 1 is 1.18 bits per heavy atom. The van der Waals surface area contributed by atoms with Gasteiger partial charge in [-0.3, -0.25) is 0 Å². The van der Waals surface area contributed by atoms with Crippen LogP contribution in [0, 0.1) is 0 Å². The molecule has 0 spiro atoms. The van der Waals surface area contributed by atoms with Gasteiger partial charge in [0.15, 0.2) is 5.11 Å². The summed E-state index contributed by atoms with van der Waals surface area (Å²) in [4.78, 5) is 0. The maximum absolute atomic E-state index is 6.01. The van der Waals surface area contributed by atoms with E-state index in [0.717, 1.165) is 19.4 Å². The van der Waals surface area contributed by atoms with Crippen LogP contribution in [0.4, 0.5) is 5.69 Å². The molecular formula is C11H13Cl3N2S. The lowest BCUT2D eigenvalue weighted by atomic mass is 10.3. The molecule has 0 amide bonds. The van der Waals surface area contributed by atoms with Crippen LogP contribution in [0.15, 0.2) is 12.1 Å². The fourth-order valence-corrected chi connectivity index (χ4v) is 1.97. The summed E-state index contributed by atoms with van der Waals surface area (Å²) in [6, 6.07) is 3.24. The molecule has 0 aliphatic rings. The molecule has 0 saturated carbocycles. The van der Waals surface area contributed by atoms with Gasteiger partial charge in [-0.2, -0.15) is 0 Å². The number of anilines is 1. The first kappa shape index (κ1) is 14.8. The third-order valence-electron chi connectivity index (χ3n) is 2.07. The first-order valence-electron chi connectivity index (χ1n) is 5.24. The lowest BCUT2D eigenvalue weighted by Crippen LogP contribution is -2.29. The van der Waals surface area contributed by atoms with E-state index in [-0.39, 0.29) is 0 Å².